The first-order valence-corrected chi connectivity index (χ1v) is 8.24. The Morgan fingerprint density at radius 3 is 2.62 bits per heavy atom. The van der Waals surface area contributed by atoms with E-state index in [-0.39, 0.29) is 29.6 Å². The highest BCUT2D eigenvalue weighted by molar-refractivity contribution is 5.92. The lowest BCUT2D eigenvalue weighted by atomic mass is 10.0. The molecule has 2 amide bonds. The van der Waals surface area contributed by atoms with Gasteiger partial charge in [-0.3, -0.25) is 19.5 Å². The predicted molar refractivity (Wildman–Crippen MR) is 86.7 cm³/mol. The Bertz CT molecular complexity index is 615. The van der Waals surface area contributed by atoms with Crippen molar-refractivity contribution in [3.8, 4) is 5.88 Å². The van der Waals surface area contributed by atoms with Gasteiger partial charge in [-0.05, 0) is 19.3 Å². The van der Waals surface area contributed by atoms with Crippen LogP contribution in [0, 0.1) is 0 Å². The molecule has 2 aliphatic rings. The maximum atomic E-state index is 12.3. The van der Waals surface area contributed by atoms with E-state index in [1.807, 2.05) is 7.05 Å². The lowest BCUT2D eigenvalue weighted by Crippen LogP contribution is -2.50. The van der Waals surface area contributed by atoms with Gasteiger partial charge in [0.2, 0.25) is 11.8 Å². The molecule has 0 aliphatic carbocycles. The molecule has 0 saturated carbocycles. The minimum absolute atomic E-state index is 0.0101. The number of hydrogen-bond acceptors (Lipinski definition) is 6. The van der Waals surface area contributed by atoms with E-state index in [9.17, 15) is 9.59 Å². The molecule has 0 radical (unpaired) electrons. The lowest BCUT2D eigenvalue weighted by molar-refractivity contribution is -0.131. The zero-order valence-corrected chi connectivity index (χ0v) is 14.1. The predicted octanol–water partition coefficient (Wildman–Crippen LogP) is -0.0899. The highest BCUT2D eigenvalue weighted by Crippen LogP contribution is 2.21. The van der Waals surface area contributed by atoms with Crippen molar-refractivity contribution in [3.63, 3.8) is 0 Å². The molecule has 24 heavy (non-hydrogen) atoms. The third-order valence-electron chi connectivity index (χ3n) is 4.76. The molecule has 1 aromatic rings. The number of amides is 2. The highest BCUT2D eigenvalue weighted by Gasteiger charge is 2.35. The molecule has 3 heterocycles. The molecule has 0 spiro atoms. The number of carbonyl (C=O) groups is 2. The van der Waals surface area contributed by atoms with Gasteiger partial charge in [0.25, 0.3) is 5.91 Å². The van der Waals surface area contributed by atoms with Crippen LogP contribution in [0.25, 0.3) is 0 Å². The van der Waals surface area contributed by atoms with Gasteiger partial charge in [-0.25, -0.2) is 4.98 Å². The monoisotopic (exact) mass is 333 g/mol. The van der Waals surface area contributed by atoms with E-state index in [0.717, 1.165) is 38.9 Å². The van der Waals surface area contributed by atoms with Gasteiger partial charge in [-0.15, -0.1) is 0 Å². The van der Waals surface area contributed by atoms with Crippen LogP contribution in [0.1, 0.15) is 29.8 Å². The Labute approximate surface area is 141 Å². The maximum Gasteiger partial charge on any atom is 0.271 e. The fourth-order valence-corrected chi connectivity index (χ4v) is 3.31. The van der Waals surface area contributed by atoms with E-state index in [4.69, 9.17) is 4.74 Å². The molecule has 0 bridgehead atoms. The summed E-state index contributed by atoms with van der Waals surface area (Å²) < 4.78 is 4.99. The molecule has 8 heteroatoms. The zero-order chi connectivity index (χ0) is 17.1. The second-order valence-electron chi connectivity index (χ2n) is 6.29. The molecule has 8 nitrogen and oxygen atoms in total. The smallest absolute Gasteiger partial charge is 0.271 e. The average molecular weight is 333 g/mol. The van der Waals surface area contributed by atoms with Gasteiger partial charge in [-0.1, -0.05) is 0 Å². The SMILES string of the molecule is COc1cncc(C(=O)NC2CCN(C3CCN(C)C3=O)CC2)n1. The number of carbonyl (C=O) groups excluding carboxylic acids is 2. The van der Waals surface area contributed by atoms with E-state index < -0.39 is 0 Å². The Balaban J connectivity index is 1.52. The van der Waals surface area contributed by atoms with Gasteiger partial charge in [-0.2, -0.15) is 0 Å². The van der Waals surface area contributed by atoms with E-state index in [0.29, 0.717) is 5.88 Å². The molecular formula is C16H23N5O3. The minimum Gasteiger partial charge on any atom is -0.480 e. The average Bonchev–Trinajstić information content (AvgIpc) is 2.95. The van der Waals surface area contributed by atoms with Crippen LogP contribution < -0.4 is 10.1 Å². The molecule has 2 aliphatic heterocycles. The number of rotatable bonds is 4. The zero-order valence-electron chi connectivity index (χ0n) is 14.1. The van der Waals surface area contributed by atoms with Crippen molar-refractivity contribution in [2.75, 3.05) is 33.8 Å². The van der Waals surface area contributed by atoms with Gasteiger partial charge in [0.15, 0.2) is 0 Å². The first kappa shape index (κ1) is 16.6. The van der Waals surface area contributed by atoms with E-state index in [1.54, 1.807) is 4.90 Å². The standard InChI is InChI=1S/C16H23N5O3/c1-20-6-5-13(16(20)23)21-7-3-11(4-8-21)18-15(22)12-9-17-10-14(19-12)24-2/h9-11,13H,3-8H2,1-2H3,(H,18,22). The number of methoxy groups -OCH3 is 1. The van der Waals surface area contributed by atoms with Crippen LogP contribution >= 0.6 is 0 Å². The molecule has 1 atom stereocenters. The van der Waals surface area contributed by atoms with Crippen molar-refractivity contribution in [1.29, 1.82) is 0 Å². The Hall–Kier alpha value is -2.22. The van der Waals surface area contributed by atoms with Crippen LogP contribution in [0.15, 0.2) is 12.4 Å². The minimum atomic E-state index is -0.239. The number of piperidine rings is 1. The molecule has 130 valence electrons. The molecule has 3 rings (SSSR count). The highest BCUT2D eigenvalue weighted by atomic mass is 16.5. The third kappa shape index (κ3) is 3.48. The number of likely N-dealkylation sites (tertiary alicyclic amines) is 2. The summed E-state index contributed by atoms with van der Waals surface area (Å²) in [6.45, 7) is 2.46. The summed E-state index contributed by atoms with van der Waals surface area (Å²) in [6.07, 6.45) is 5.45. The summed E-state index contributed by atoms with van der Waals surface area (Å²) in [5.74, 6) is 0.294. The van der Waals surface area contributed by atoms with Crippen molar-refractivity contribution in [1.82, 2.24) is 25.1 Å². The Kier molecular flexibility index (Phi) is 4.94. The van der Waals surface area contributed by atoms with Crippen LogP contribution in [-0.2, 0) is 4.79 Å². The molecule has 1 aromatic heterocycles. The molecule has 1 N–H and O–H groups in total. The number of ether oxygens (including phenoxy) is 1. The van der Waals surface area contributed by atoms with Crippen LogP contribution in [0.4, 0.5) is 0 Å². The van der Waals surface area contributed by atoms with E-state index >= 15 is 0 Å². The first-order valence-electron chi connectivity index (χ1n) is 8.24. The van der Waals surface area contributed by atoms with Crippen LogP contribution in [0.5, 0.6) is 5.88 Å². The summed E-state index contributed by atoms with van der Waals surface area (Å²) in [5.41, 5.74) is 0.254. The lowest BCUT2D eigenvalue weighted by Gasteiger charge is -2.35. The second-order valence-corrected chi connectivity index (χ2v) is 6.29. The summed E-state index contributed by atoms with van der Waals surface area (Å²) in [5, 5.41) is 3.00. The maximum absolute atomic E-state index is 12.3. The van der Waals surface area contributed by atoms with Crippen molar-refractivity contribution in [2.45, 2.75) is 31.3 Å². The molecule has 1 unspecified atom stereocenters. The molecular weight excluding hydrogens is 310 g/mol. The van der Waals surface area contributed by atoms with Crippen molar-refractivity contribution in [3.05, 3.63) is 18.1 Å². The summed E-state index contributed by atoms with van der Waals surface area (Å²) >= 11 is 0. The van der Waals surface area contributed by atoms with Crippen LogP contribution in [0.3, 0.4) is 0 Å². The quantitative estimate of drug-likeness (QED) is 0.829. The number of likely N-dealkylation sites (N-methyl/N-ethyl adjacent to an activating group) is 1. The van der Waals surface area contributed by atoms with Crippen molar-refractivity contribution in [2.24, 2.45) is 0 Å². The second kappa shape index (κ2) is 7.12. The number of nitrogens with one attached hydrogen (secondary N) is 1. The van der Waals surface area contributed by atoms with E-state index in [1.165, 1.54) is 19.5 Å². The fourth-order valence-electron chi connectivity index (χ4n) is 3.31. The van der Waals surface area contributed by atoms with Gasteiger partial charge in [0.05, 0.1) is 25.5 Å². The van der Waals surface area contributed by atoms with Gasteiger partial charge >= 0.3 is 0 Å². The number of nitrogens with zero attached hydrogens (tertiary/aromatic N) is 4. The van der Waals surface area contributed by atoms with Crippen molar-refractivity contribution >= 4 is 11.8 Å². The molecule has 2 saturated heterocycles. The normalized spacial score (nSPS) is 22.7. The van der Waals surface area contributed by atoms with Crippen LogP contribution in [0.2, 0.25) is 0 Å². The number of hydrogen-bond donors (Lipinski definition) is 1. The fraction of sp³-hybridized carbons (Fsp3) is 0.625. The summed E-state index contributed by atoms with van der Waals surface area (Å²) in [7, 11) is 3.34. The van der Waals surface area contributed by atoms with Crippen molar-refractivity contribution < 1.29 is 14.3 Å². The third-order valence-corrected chi connectivity index (χ3v) is 4.76. The van der Waals surface area contributed by atoms with Gasteiger partial charge in [0.1, 0.15) is 5.69 Å². The first-order chi connectivity index (χ1) is 11.6. The van der Waals surface area contributed by atoms with Gasteiger partial charge in [0, 0.05) is 32.7 Å². The Morgan fingerprint density at radius 1 is 1.25 bits per heavy atom. The molecule has 2 fully saturated rings. The largest absolute Gasteiger partial charge is 0.480 e. The summed E-state index contributed by atoms with van der Waals surface area (Å²) in [4.78, 5) is 36.4. The molecule has 0 aromatic carbocycles. The van der Waals surface area contributed by atoms with Crippen LogP contribution in [-0.4, -0.2) is 77.5 Å². The summed E-state index contributed by atoms with van der Waals surface area (Å²) in [6, 6.07) is 0.104. The van der Waals surface area contributed by atoms with Gasteiger partial charge < -0.3 is 15.0 Å². The van der Waals surface area contributed by atoms with E-state index in [2.05, 4.69) is 20.2 Å². The Morgan fingerprint density at radius 2 is 2.00 bits per heavy atom. The number of aromatic nitrogens is 2. The topological polar surface area (TPSA) is 87.7 Å².